The molecule has 0 aliphatic heterocycles. The van der Waals surface area contributed by atoms with Crippen LogP contribution >= 0.6 is 0 Å². The Hall–Kier alpha value is -2.44. The van der Waals surface area contributed by atoms with Crippen LogP contribution in [0.25, 0.3) is 0 Å². The SMILES string of the molecule is Cc1ccc(C(CNC(=O)NCc2ccc(F)cc2)OCCO)cc1. The summed E-state index contributed by atoms with van der Waals surface area (Å²) in [7, 11) is 0. The minimum absolute atomic E-state index is 0.0842. The summed E-state index contributed by atoms with van der Waals surface area (Å²) in [5.74, 6) is -0.310. The van der Waals surface area contributed by atoms with E-state index in [0.29, 0.717) is 6.54 Å². The van der Waals surface area contributed by atoms with Crippen LogP contribution in [0.5, 0.6) is 0 Å². The molecule has 5 nitrogen and oxygen atoms in total. The first kappa shape index (κ1) is 18.9. The third-order valence-electron chi connectivity index (χ3n) is 3.67. The van der Waals surface area contributed by atoms with Gasteiger partial charge in [0.1, 0.15) is 5.82 Å². The van der Waals surface area contributed by atoms with Crippen LogP contribution in [0.4, 0.5) is 9.18 Å². The lowest BCUT2D eigenvalue weighted by Crippen LogP contribution is -2.38. The molecule has 2 rings (SSSR count). The molecular formula is C19H23FN2O3. The quantitative estimate of drug-likeness (QED) is 0.688. The summed E-state index contributed by atoms with van der Waals surface area (Å²) in [5, 5.41) is 14.4. The first-order valence-electron chi connectivity index (χ1n) is 8.13. The van der Waals surface area contributed by atoms with E-state index in [0.717, 1.165) is 16.7 Å². The molecule has 0 spiro atoms. The highest BCUT2D eigenvalue weighted by Gasteiger charge is 2.13. The Morgan fingerprint density at radius 1 is 1.12 bits per heavy atom. The molecule has 0 aromatic heterocycles. The smallest absolute Gasteiger partial charge is 0.315 e. The van der Waals surface area contributed by atoms with Crippen molar-refractivity contribution in [3.63, 3.8) is 0 Å². The lowest BCUT2D eigenvalue weighted by Gasteiger charge is -2.19. The average Bonchev–Trinajstić information content (AvgIpc) is 2.62. The zero-order valence-electron chi connectivity index (χ0n) is 14.2. The Morgan fingerprint density at radius 2 is 1.80 bits per heavy atom. The molecule has 25 heavy (non-hydrogen) atoms. The minimum Gasteiger partial charge on any atom is -0.394 e. The maximum atomic E-state index is 12.9. The first-order valence-corrected chi connectivity index (χ1v) is 8.13. The van der Waals surface area contributed by atoms with Crippen LogP contribution in [0.15, 0.2) is 48.5 Å². The number of benzene rings is 2. The number of aliphatic hydroxyl groups excluding tert-OH is 1. The van der Waals surface area contributed by atoms with Crippen molar-refractivity contribution in [2.75, 3.05) is 19.8 Å². The van der Waals surface area contributed by atoms with E-state index in [1.54, 1.807) is 12.1 Å². The number of hydrogen-bond donors (Lipinski definition) is 3. The summed E-state index contributed by atoms with van der Waals surface area (Å²) in [5.41, 5.74) is 2.87. The topological polar surface area (TPSA) is 70.6 Å². The van der Waals surface area contributed by atoms with Crippen LogP contribution in [0.2, 0.25) is 0 Å². The Labute approximate surface area is 146 Å². The maximum absolute atomic E-state index is 12.9. The molecule has 2 aromatic carbocycles. The number of hydrogen-bond acceptors (Lipinski definition) is 3. The molecule has 2 amide bonds. The van der Waals surface area contributed by atoms with Crippen molar-refractivity contribution in [2.45, 2.75) is 19.6 Å². The summed E-state index contributed by atoms with van der Waals surface area (Å²) < 4.78 is 18.5. The fraction of sp³-hybridized carbons (Fsp3) is 0.316. The van der Waals surface area contributed by atoms with Gasteiger partial charge in [0.05, 0.1) is 19.3 Å². The van der Waals surface area contributed by atoms with Crippen molar-refractivity contribution >= 4 is 6.03 Å². The Bertz CT molecular complexity index is 659. The molecule has 0 aliphatic carbocycles. The third-order valence-corrected chi connectivity index (χ3v) is 3.67. The fourth-order valence-electron chi connectivity index (χ4n) is 2.28. The van der Waals surface area contributed by atoms with E-state index >= 15 is 0 Å². The molecule has 0 radical (unpaired) electrons. The molecule has 0 saturated heterocycles. The number of rotatable bonds is 8. The van der Waals surface area contributed by atoms with E-state index in [4.69, 9.17) is 9.84 Å². The van der Waals surface area contributed by atoms with Gasteiger partial charge in [-0.15, -0.1) is 0 Å². The van der Waals surface area contributed by atoms with Gasteiger partial charge in [0.25, 0.3) is 0 Å². The summed E-state index contributed by atoms with van der Waals surface area (Å²) in [6, 6.07) is 13.4. The number of aliphatic hydroxyl groups is 1. The molecule has 1 unspecified atom stereocenters. The Kier molecular flexibility index (Phi) is 7.37. The predicted molar refractivity (Wildman–Crippen MR) is 93.6 cm³/mol. The monoisotopic (exact) mass is 346 g/mol. The van der Waals surface area contributed by atoms with E-state index < -0.39 is 0 Å². The minimum atomic E-state index is -0.343. The number of ether oxygens (including phenoxy) is 1. The Morgan fingerprint density at radius 3 is 2.44 bits per heavy atom. The average molecular weight is 346 g/mol. The lowest BCUT2D eigenvalue weighted by molar-refractivity contribution is 0.0294. The molecule has 3 N–H and O–H groups in total. The van der Waals surface area contributed by atoms with Gasteiger partial charge in [-0.2, -0.15) is 0 Å². The number of halogens is 1. The van der Waals surface area contributed by atoms with Crippen LogP contribution in [-0.4, -0.2) is 30.9 Å². The number of aryl methyl sites for hydroxylation is 1. The van der Waals surface area contributed by atoms with Crippen molar-refractivity contribution in [2.24, 2.45) is 0 Å². The molecule has 0 saturated carbocycles. The zero-order valence-corrected chi connectivity index (χ0v) is 14.2. The number of carbonyl (C=O) groups excluding carboxylic acids is 1. The van der Waals surface area contributed by atoms with Gasteiger partial charge in [0.15, 0.2) is 0 Å². The lowest BCUT2D eigenvalue weighted by atomic mass is 10.1. The van der Waals surface area contributed by atoms with Crippen molar-refractivity contribution in [1.29, 1.82) is 0 Å². The maximum Gasteiger partial charge on any atom is 0.315 e. The summed E-state index contributed by atoms with van der Waals surface area (Å²) in [6.45, 7) is 2.68. The van der Waals surface area contributed by atoms with Crippen LogP contribution in [0.1, 0.15) is 22.8 Å². The highest BCUT2D eigenvalue weighted by molar-refractivity contribution is 5.73. The molecule has 0 aliphatic rings. The van der Waals surface area contributed by atoms with Crippen molar-refractivity contribution in [3.8, 4) is 0 Å². The molecule has 0 heterocycles. The van der Waals surface area contributed by atoms with Crippen LogP contribution in [0, 0.1) is 12.7 Å². The second kappa shape index (κ2) is 9.76. The van der Waals surface area contributed by atoms with Crippen LogP contribution in [-0.2, 0) is 11.3 Å². The molecule has 1 atom stereocenters. The van der Waals surface area contributed by atoms with Gasteiger partial charge in [0.2, 0.25) is 0 Å². The van der Waals surface area contributed by atoms with Crippen molar-refractivity contribution in [3.05, 3.63) is 71.0 Å². The highest BCUT2D eigenvalue weighted by Crippen LogP contribution is 2.17. The second-order valence-corrected chi connectivity index (χ2v) is 5.68. The second-order valence-electron chi connectivity index (χ2n) is 5.68. The molecular weight excluding hydrogens is 323 g/mol. The fourth-order valence-corrected chi connectivity index (χ4v) is 2.28. The van der Waals surface area contributed by atoms with E-state index in [9.17, 15) is 9.18 Å². The molecule has 0 bridgehead atoms. The van der Waals surface area contributed by atoms with E-state index in [-0.39, 0.29) is 37.7 Å². The molecule has 134 valence electrons. The summed E-state index contributed by atoms with van der Waals surface area (Å²) >= 11 is 0. The van der Waals surface area contributed by atoms with Gasteiger partial charge in [-0.05, 0) is 30.2 Å². The first-order chi connectivity index (χ1) is 12.1. The van der Waals surface area contributed by atoms with Crippen LogP contribution < -0.4 is 10.6 Å². The normalized spacial score (nSPS) is 11.8. The Balaban J connectivity index is 1.84. The number of urea groups is 1. The highest BCUT2D eigenvalue weighted by atomic mass is 19.1. The van der Waals surface area contributed by atoms with Crippen molar-refractivity contribution in [1.82, 2.24) is 10.6 Å². The zero-order chi connectivity index (χ0) is 18.1. The largest absolute Gasteiger partial charge is 0.394 e. The van der Waals surface area contributed by atoms with Gasteiger partial charge in [-0.25, -0.2) is 9.18 Å². The number of amides is 2. The van der Waals surface area contributed by atoms with E-state index in [2.05, 4.69) is 10.6 Å². The van der Waals surface area contributed by atoms with Crippen molar-refractivity contribution < 1.29 is 19.0 Å². The number of nitrogens with one attached hydrogen (secondary N) is 2. The van der Waals surface area contributed by atoms with E-state index in [1.165, 1.54) is 12.1 Å². The van der Waals surface area contributed by atoms with Gasteiger partial charge in [-0.1, -0.05) is 42.0 Å². The van der Waals surface area contributed by atoms with Gasteiger partial charge >= 0.3 is 6.03 Å². The number of carbonyl (C=O) groups is 1. The molecule has 0 fully saturated rings. The third kappa shape index (κ3) is 6.52. The van der Waals surface area contributed by atoms with E-state index in [1.807, 2.05) is 31.2 Å². The van der Waals surface area contributed by atoms with Gasteiger partial charge in [-0.3, -0.25) is 0 Å². The molecule has 2 aromatic rings. The predicted octanol–water partition coefficient (Wildman–Crippen LogP) is 2.68. The van der Waals surface area contributed by atoms with Gasteiger partial charge in [0, 0.05) is 13.1 Å². The standard InChI is InChI=1S/C19H23FN2O3/c1-14-2-6-16(7-3-14)18(25-11-10-23)13-22-19(24)21-12-15-4-8-17(20)9-5-15/h2-9,18,23H,10-13H2,1H3,(H2,21,22,24). The summed E-state index contributed by atoms with van der Waals surface area (Å²) in [6.07, 6.45) is -0.343. The molecule has 6 heteroatoms. The summed E-state index contributed by atoms with van der Waals surface area (Å²) in [4.78, 5) is 11.9. The van der Waals surface area contributed by atoms with Crippen LogP contribution in [0.3, 0.4) is 0 Å². The van der Waals surface area contributed by atoms with Gasteiger partial charge < -0.3 is 20.5 Å².